The minimum Gasteiger partial charge on any atom is -0.439 e. The van der Waals surface area contributed by atoms with Crippen molar-refractivity contribution in [3.63, 3.8) is 0 Å². The van der Waals surface area contributed by atoms with E-state index in [2.05, 4.69) is 10.3 Å². The Kier molecular flexibility index (Phi) is 4.29. The Morgan fingerprint density at radius 1 is 1.14 bits per heavy atom. The summed E-state index contributed by atoms with van der Waals surface area (Å²) in [5, 5.41) is 22.8. The largest absolute Gasteiger partial charge is 0.439 e. The average molecular weight is 389 g/mol. The summed E-state index contributed by atoms with van der Waals surface area (Å²) in [7, 11) is 0. The summed E-state index contributed by atoms with van der Waals surface area (Å²) >= 11 is 0. The number of aliphatic hydroxyl groups is 1. The quantitative estimate of drug-likeness (QED) is 0.835. The SMILES string of the molecule is N#Cc1ccc(Oc2ccc(C(=O)NC3C4CC5CC3CC(O)(C5)C4)cc2)nc1. The van der Waals surface area contributed by atoms with Crippen molar-refractivity contribution in [2.75, 3.05) is 0 Å². The van der Waals surface area contributed by atoms with Crippen LogP contribution in [0.15, 0.2) is 42.6 Å². The fraction of sp³-hybridized carbons (Fsp3) is 0.435. The molecule has 1 amide bonds. The molecule has 4 fully saturated rings. The highest BCUT2D eigenvalue weighted by atomic mass is 16.5. The van der Waals surface area contributed by atoms with Crippen LogP contribution in [0.5, 0.6) is 11.6 Å². The molecule has 148 valence electrons. The number of pyridine rings is 1. The van der Waals surface area contributed by atoms with Gasteiger partial charge >= 0.3 is 0 Å². The molecule has 0 spiro atoms. The number of carbonyl (C=O) groups excluding carboxylic acids is 1. The summed E-state index contributed by atoms with van der Waals surface area (Å²) in [6.45, 7) is 0. The minimum atomic E-state index is -0.490. The van der Waals surface area contributed by atoms with Crippen LogP contribution in [0.2, 0.25) is 0 Å². The highest BCUT2D eigenvalue weighted by Gasteiger charge is 2.55. The first-order valence-electron chi connectivity index (χ1n) is 10.2. The van der Waals surface area contributed by atoms with Gasteiger partial charge in [0.1, 0.15) is 11.8 Å². The van der Waals surface area contributed by atoms with Crippen LogP contribution < -0.4 is 10.1 Å². The molecular weight excluding hydrogens is 366 g/mol. The number of nitriles is 1. The van der Waals surface area contributed by atoms with Crippen molar-refractivity contribution in [2.45, 2.75) is 43.7 Å². The molecule has 6 rings (SSSR count). The summed E-state index contributed by atoms with van der Waals surface area (Å²) in [5.74, 6) is 2.30. The number of hydrogen-bond acceptors (Lipinski definition) is 5. The van der Waals surface area contributed by atoms with Gasteiger partial charge in [-0.2, -0.15) is 5.26 Å². The Labute approximate surface area is 169 Å². The van der Waals surface area contributed by atoms with Crippen LogP contribution in [0.1, 0.15) is 48.0 Å². The van der Waals surface area contributed by atoms with Gasteiger partial charge < -0.3 is 15.2 Å². The number of benzene rings is 1. The molecule has 1 aromatic carbocycles. The maximum Gasteiger partial charge on any atom is 0.251 e. The fourth-order valence-electron chi connectivity index (χ4n) is 5.75. The predicted octanol–water partition coefficient (Wildman–Crippen LogP) is 3.41. The monoisotopic (exact) mass is 389 g/mol. The van der Waals surface area contributed by atoms with Crippen molar-refractivity contribution < 1.29 is 14.6 Å². The Morgan fingerprint density at radius 3 is 2.45 bits per heavy atom. The van der Waals surface area contributed by atoms with Crippen LogP contribution in [0.25, 0.3) is 0 Å². The Hall–Kier alpha value is -2.91. The average Bonchev–Trinajstić information content (AvgIpc) is 2.70. The Morgan fingerprint density at radius 2 is 1.86 bits per heavy atom. The lowest BCUT2D eigenvalue weighted by Gasteiger charge is -2.58. The summed E-state index contributed by atoms with van der Waals surface area (Å²) in [5.41, 5.74) is 0.579. The maximum atomic E-state index is 12.8. The van der Waals surface area contributed by atoms with Crippen molar-refractivity contribution >= 4 is 5.91 Å². The van der Waals surface area contributed by atoms with E-state index < -0.39 is 5.60 Å². The van der Waals surface area contributed by atoms with E-state index in [4.69, 9.17) is 10.00 Å². The third-order valence-electron chi connectivity index (χ3n) is 6.74. The van der Waals surface area contributed by atoms with Gasteiger partial charge in [0.2, 0.25) is 5.88 Å². The second-order valence-electron chi connectivity index (χ2n) is 8.82. The topological polar surface area (TPSA) is 95.2 Å². The van der Waals surface area contributed by atoms with Crippen molar-refractivity contribution in [3.8, 4) is 17.7 Å². The van der Waals surface area contributed by atoms with E-state index in [1.54, 1.807) is 36.4 Å². The number of nitrogens with zero attached hydrogens (tertiary/aromatic N) is 2. The molecule has 6 nitrogen and oxygen atoms in total. The molecular formula is C23H23N3O3. The van der Waals surface area contributed by atoms with Gasteiger partial charge in [-0.05, 0) is 80.2 Å². The number of nitrogens with one attached hydrogen (secondary N) is 1. The number of rotatable bonds is 4. The summed E-state index contributed by atoms with van der Waals surface area (Å²) in [6, 6.07) is 12.4. The molecule has 4 aliphatic rings. The zero-order valence-electron chi connectivity index (χ0n) is 16.0. The number of carbonyl (C=O) groups is 1. The molecule has 2 N–H and O–H groups in total. The molecule has 2 atom stereocenters. The summed E-state index contributed by atoms with van der Waals surface area (Å²) in [4.78, 5) is 16.9. The first kappa shape index (κ1) is 18.1. The van der Waals surface area contributed by atoms with Crippen molar-refractivity contribution in [1.29, 1.82) is 5.26 Å². The standard InChI is InChI=1S/C23H23N3O3/c24-12-14-1-6-20(25-13-14)29-19-4-2-16(3-5-19)22(27)26-21-17-7-15-8-18(21)11-23(28,9-15)10-17/h1-6,13,15,17-18,21,28H,7-11H2,(H,26,27). The van der Waals surface area contributed by atoms with Crippen LogP contribution in [-0.4, -0.2) is 27.6 Å². The molecule has 2 unspecified atom stereocenters. The molecule has 4 aliphatic carbocycles. The van der Waals surface area contributed by atoms with Gasteiger partial charge in [0.05, 0.1) is 11.2 Å². The fourth-order valence-corrected chi connectivity index (χ4v) is 5.75. The van der Waals surface area contributed by atoms with E-state index in [9.17, 15) is 9.90 Å². The second kappa shape index (κ2) is 6.85. The molecule has 1 aromatic heterocycles. The number of amides is 1. The molecule has 0 radical (unpaired) electrons. The number of ether oxygens (including phenoxy) is 1. The van der Waals surface area contributed by atoms with Crippen LogP contribution in [0, 0.1) is 29.1 Å². The summed E-state index contributed by atoms with van der Waals surface area (Å²) < 4.78 is 5.67. The van der Waals surface area contributed by atoms with Crippen LogP contribution in [0.4, 0.5) is 0 Å². The van der Waals surface area contributed by atoms with Gasteiger partial charge in [0.25, 0.3) is 5.91 Å². The van der Waals surface area contributed by atoms with Crippen molar-refractivity contribution in [2.24, 2.45) is 17.8 Å². The van der Waals surface area contributed by atoms with Crippen molar-refractivity contribution in [1.82, 2.24) is 10.3 Å². The van der Waals surface area contributed by atoms with Crippen LogP contribution >= 0.6 is 0 Å². The molecule has 29 heavy (non-hydrogen) atoms. The lowest BCUT2D eigenvalue weighted by Crippen LogP contribution is -2.61. The molecule has 2 aromatic rings. The lowest BCUT2D eigenvalue weighted by molar-refractivity contribution is -0.136. The van der Waals surface area contributed by atoms with Crippen molar-refractivity contribution in [3.05, 3.63) is 53.7 Å². The smallest absolute Gasteiger partial charge is 0.251 e. The molecule has 1 heterocycles. The minimum absolute atomic E-state index is 0.0717. The molecule has 4 saturated carbocycles. The van der Waals surface area contributed by atoms with E-state index in [1.807, 2.05) is 6.07 Å². The highest BCUT2D eigenvalue weighted by Crippen LogP contribution is 2.55. The molecule has 0 saturated heterocycles. The molecule has 6 heteroatoms. The third-order valence-corrected chi connectivity index (χ3v) is 6.74. The van der Waals surface area contributed by atoms with Gasteiger partial charge in [-0.15, -0.1) is 0 Å². The molecule has 4 bridgehead atoms. The lowest BCUT2D eigenvalue weighted by atomic mass is 9.52. The van der Waals surface area contributed by atoms with Gasteiger partial charge in [-0.25, -0.2) is 4.98 Å². The normalized spacial score (nSPS) is 31.9. The van der Waals surface area contributed by atoms with Crippen LogP contribution in [-0.2, 0) is 0 Å². The van der Waals surface area contributed by atoms with Gasteiger partial charge in [0, 0.05) is 23.9 Å². The second-order valence-corrected chi connectivity index (χ2v) is 8.82. The van der Waals surface area contributed by atoms with E-state index >= 15 is 0 Å². The zero-order valence-corrected chi connectivity index (χ0v) is 16.0. The first-order chi connectivity index (χ1) is 14.0. The number of hydrogen-bond donors (Lipinski definition) is 2. The van der Waals surface area contributed by atoms with E-state index in [0.717, 1.165) is 32.1 Å². The van der Waals surface area contributed by atoms with E-state index in [1.165, 1.54) is 6.20 Å². The number of aromatic nitrogens is 1. The Bertz CT molecular complexity index is 948. The highest BCUT2D eigenvalue weighted by molar-refractivity contribution is 5.94. The van der Waals surface area contributed by atoms with E-state index in [-0.39, 0.29) is 11.9 Å². The van der Waals surface area contributed by atoms with Gasteiger partial charge in [-0.1, -0.05) is 0 Å². The third kappa shape index (κ3) is 3.47. The van der Waals surface area contributed by atoms with E-state index in [0.29, 0.717) is 40.5 Å². The molecule has 0 aliphatic heterocycles. The summed E-state index contributed by atoms with van der Waals surface area (Å²) in [6.07, 6.45) is 6.27. The zero-order chi connectivity index (χ0) is 20.0. The first-order valence-corrected chi connectivity index (χ1v) is 10.2. The van der Waals surface area contributed by atoms with Gasteiger partial charge in [0.15, 0.2) is 0 Å². The van der Waals surface area contributed by atoms with Crippen LogP contribution in [0.3, 0.4) is 0 Å². The predicted molar refractivity (Wildman–Crippen MR) is 105 cm³/mol. The Balaban J connectivity index is 1.23. The maximum absolute atomic E-state index is 12.8. The van der Waals surface area contributed by atoms with Gasteiger partial charge in [-0.3, -0.25) is 4.79 Å².